The molecule has 0 unspecified atom stereocenters. The lowest BCUT2D eigenvalue weighted by atomic mass is 9.94. The molecule has 4 heterocycles. The zero-order valence-electron chi connectivity index (χ0n) is 26.6. The van der Waals surface area contributed by atoms with Crippen LogP contribution in [0.1, 0.15) is 0 Å². The van der Waals surface area contributed by atoms with Crippen molar-refractivity contribution in [3.8, 4) is 61.7 Å². The van der Waals surface area contributed by atoms with Gasteiger partial charge in [0.15, 0.2) is 0 Å². The van der Waals surface area contributed by atoms with Gasteiger partial charge in [0.25, 0.3) is 0 Å². The first-order chi connectivity index (χ1) is 24.3. The van der Waals surface area contributed by atoms with Crippen LogP contribution in [-0.4, -0.2) is 19.5 Å². The van der Waals surface area contributed by atoms with Gasteiger partial charge in [-0.2, -0.15) is 0 Å². The molecule has 0 aliphatic carbocycles. The first-order valence-electron chi connectivity index (χ1n) is 16.4. The molecule has 0 spiro atoms. The largest absolute Gasteiger partial charge is 0.308 e. The van der Waals surface area contributed by atoms with E-state index in [2.05, 4.69) is 155 Å². The van der Waals surface area contributed by atoms with Crippen molar-refractivity contribution in [1.29, 1.82) is 0 Å². The summed E-state index contributed by atoms with van der Waals surface area (Å²) >= 11 is 0. The molecule has 0 saturated carbocycles. The van der Waals surface area contributed by atoms with Gasteiger partial charge >= 0.3 is 0 Å². The fourth-order valence-electron chi connectivity index (χ4n) is 6.78. The van der Waals surface area contributed by atoms with E-state index in [-0.39, 0.29) is 0 Å². The summed E-state index contributed by atoms with van der Waals surface area (Å²) in [5, 5.41) is 2.40. The van der Waals surface area contributed by atoms with Gasteiger partial charge in [0.1, 0.15) is 0 Å². The summed E-state index contributed by atoms with van der Waals surface area (Å²) in [6, 6.07) is 57.5. The number of rotatable bonds is 6. The molecular weight excluding hydrogens is 597 g/mol. The Morgan fingerprint density at radius 2 is 1.00 bits per heavy atom. The molecule has 0 aliphatic rings. The minimum Gasteiger partial charge on any atom is -0.308 e. The smallest absolute Gasteiger partial charge is 0.0899 e. The predicted molar refractivity (Wildman–Crippen MR) is 201 cm³/mol. The number of para-hydroxylation sites is 1. The van der Waals surface area contributed by atoms with Crippen LogP contribution in [0.3, 0.4) is 0 Å². The van der Waals surface area contributed by atoms with E-state index in [9.17, 15) is 0 Å². The van der Waals surface area contributed by atoms with E-state index < -0.39 is 0 Å². The van der Waals surface area contributed by atoms with Crippen LogP contribution in [0.2, 0.25) is 0 Å². The number of pyridine rings is 3. The maximum absolute atomic E-state index is 5.25. The van der Waals surface area contributed by atoms with E-state index in [0.717, 1.165) is 72.7 Å². The van der Waals surface area contributed by atoms with Crippen LogP contribution in [0.4, 0.5) is 0 Å². The highest BCUT2D eigenvalue weighted by Crippen LogP contribution is 2.37. The monoisotopic (exact) mass is 626 g/mol. The molecule has 4 nitrogen and oxygen atoms in total. The average Bonchev–Trinajstić information content (AvgIpc) is 3.53. The van der Waals surface area contributed by atoms with Crippen LogP contribution in [-0.2, 0) is 0 Å². The van der Waals surface area contributed by atoms with Crippen LogP contribution in [0.15, 0.2) is 182 Å². The van der Waals surface area contributed by atoms with Crippen molar-refractivity contribution in [3.63, 3.8) is 0 Å². The van der Waals surface area contributed by atoms with Crippen molar-refractivity contribution in [2.24, 2.45) is 0 Å². The fourth-order valence-corrected chi connectivity index (χ4v) is 6.78. The molecule has 4 aromatic heterocycles. The molecule has 0 aliphatic heterocycles. The van der Waals surface area contributed by atoms with Gasteiger partial charge in [0, 0.05) is 34.4 Å². The highest BCUT2D eigenvalue weighted by Gasteiger charge is 2.15. The third-order valence-electron chi connectivity index (χ3n) is 9.11. The van der Waals surface area contributed by atoms with Crippen molar-refractivity contribution in [1.82, 2.24) is 19.5 Å². The minimum absolute atomic E-state index is 0.825. The zero-order valence-corrected chi connectivity index (χ0v) is 26.6. The summed E-state index contributed by atoms with van der Waals surface area (Å²) in [7, 11) is 0. The molecule has 5 aromatic carbocycles. The first kappa shape index (κ1) is 28.6. The summed E-state index contributed by atoms with van der Waals surface area (Å²) in [5.41, 5.74) is 13.7. The number of hydrogen-bond donors (Lipinski definition) is 0. The Balaban J connectivity index is 1.25. The van der Waals surface area contributed by atoms with E-state index in [1.165, 1.54) is 10.8 Å². The van der Waals surface area contributed by atoms with E-state index in [0.29, 0.717) is 0 Å². The van der Waals surface area contributed by atoms with Crippen LogP contribution in [0.5, 0.6) is 0 Å². The lowest BCUT2D eigenvalue weighted by Crippen LogP contribution is -1.96. The number of nitrogens with zero attached hydrogens (tertiary/aromatic N) is 4. The van der Waals surface area contributed by atoms with Gasteiger partial charge in [-0.3, -0.25) is 9.97 Å². The Labute approximate surface area is 284 Å². The molecule has 9 aromatic rings. The molecule has 230 valence electrons. The van der Waals surface area contributed by atoms with Crippen LogP contribution >= 0.6 is 0 Å². The van der Waals surface area contributed by atoms with Gasteiger partial charge in [0.2, 0.25) is 0 Å². The van der Waals surface area contributed by atoms with Gasteiger partial charge < -0.3 is 4.57 Å². The molecule has 0 saturated heterocycles. The Morgan fingerprint density at radius 1 is 0.367 bits per heavy atom. The number of benzene rings is 5. The molecule has 0 amide bonds. The summed E-state index contributed by atoms with van der Waals surface area (Å²) in [6.45, 7) is 0. The van der Waals surface area contributed by atoms with Gasteiger partial charge in [0.05, 0.1) is 34.3 Å². The average molecular weight is 627 g/mol. The molecule has 0 atom stereocenters. The van der Waals surface area contributed by atoms with Crippen molar-refractivity contribution < 1.29 is 0 Å². The fraction of sp³-hybridized carbons (Fsp3) is 0. The number of hydrogen-bond acceptors (Lipinski definition) is 3. The summed E-state index contributed by atoms with van der Waals surface area (Å²) in [4.78, 5) is 14.4. The van der Waals surface area contributed by atoms with Crippen LogP contribution in [0, 0.1) is 0 Å². The first-order valence-corrected chi connectivity index (χ1v) is 16.4. The van der Waals surface area contributed by atoms with Crippen LogP contribution < -0.4 is 0 Å². The third-order valence-corrected chi connectivity index (χ3v) is 9.11. The molecule has 49 heavy (non-hydrogen) atoms. The molecule has 0 bridgehead atoms. The Morgan fingerprint density at radius 3 is 1.76 bits per heavy atom. The van der Waals surface area contributed by atoms with Crippen molar-refractivity contribution in [2.45, 2.75) is 0 Å². The van der Waals surface area contributed by atoms with Gasteiger partial charge in [-0.05, 0) is 100 Å². The quantitative estimate of drug-likeness (QED) is 0.184. The number of aromatic nitrogens is 4. The molecule has 0 radical (unpaired) electrons. The van der Waals surface area contributed by atoms with E-state index >= 15 is 0 Å². The standard InChI is InChI=1S/C45H30N4/c1-3-12-31(13-4-1)34-24-35(32-14-5-2-6-15-32)26-37(25-34)42-28-36(29-43(48-42)41-19-9-10-22-47-41)33-16-11-17-38(27-33)49-44-20-8-7-18-39(44)40-21-23-46-30-45(40)49/h1-30H. The Hall–Kier alpha value is -6.65. The second kappa shape index (κ2) is 12.2. The molecule has 9 rings (SSSR count). The Bertz CT molecular complexity index is 2480. The predicted octanol–water partition coefficient (Wildman–Crippen LogP) is 11.3. The van der Waals surface area contributed by atoms with Gasteiger partial charge in [-0.25, -0.2) is 4.98 Å². The third kappa shape index (κ3) is 5.35. The number of fused-ring (bicyclic) bond motifs is 3. The second-order valence-electron chi connectivity index (χ2n) is 12.2. The van der Waals surface area contributed by atoms with Crippen molar-refractivity contribution in [2.75, 3.05) is 0 Å². The SMILES string of the molecule is c1ccc(-c2cc(-c3ccccc3)cc(-c3cc(-c4cccc(-n5c6ccccc6c6ccncc65)c4)cc(-c4ccccn4)n3)c2)cc1. The zero-order chi connectivity index (χ0) is 32.6. The maximum atomic E-state index is 5.25. The summed E-state index contributed by atoms with van der Waals surface area (Å²) in [5.74, 6) is 0. The molecule has 0 N–H and O–H groups in total. The van der Waals surface area contributed by atoms with E-state index in [4.69, 9.17) is 9.97 Å². The highest BCUT2D eigenvalue weighted by atomic mass is 15.0. The lowest BCUT2D eigenvalue weighted by Gasteiger charge is -2.14. The van der Waals surface area contributed by atoms with Crippen molar-refractivity contribution in [3.05, 3.63) is 182 Å². The second-order valence-corrected chi connectivity index (χ2v) is 12.2. The molecule has 0 fully saturated rings. The Kier molecular flexibility index (Phi) is 7.10. The topological polar surface area (TPSA) is 43.6 Å². The van der Waals surface area contributed by atoms with Gasteiger partial charge in [-0.15, -0.1) is 0 Å². The maximum Gasteiger partial charge on any atom is 0.0899 e. The minimum atomic E-state index is 0.825. The van der Waals surface area contributed by atoms with Crippen molar-refractivity contribution >= 4 is 21.8 Å². The van der Waals surface area contributed by atoms with E-state index in [1.54, 1.807) is 0 Å². The van der Waals surface area contributed by atoms with E-state index in [1.807, 2.05) is 36.8 Å². The summed E-state index contributed by atoms with van der Waals surface area (Å²) in [6.07, 6.45) is 5.64. The highest BCUT2D eigenvalue weighted by molar-refractivity contribution is 6.09. The van der Waals surface area contributed by atoms with Gasteiger partial charge in [-0.1, -0.05) is 97.1 Å². The summed E-state index contributed by atoms with van der Waals surface area (Å²) < 4.78 is 2.30. The molecule has 4 heteroatoms. The normalized spacial score (nSPS) is 11.3. The van der Waals surface area contributed by atoms with Crippen LogP contribution in [0.25, 0.3) is 83.5 Å². The molecular formula is C45H30N4. The lowest BCUT2D eigenvalue weighted by molar-refractivity contribution is 1.17.